The smallest absolute Gasteiger partial charge is 0.313 e. The van der Waals surface area contributed by atoms with E-state index in [4.69, 9.17) is 5.11 Å². The number of anilines is 2. The molecule has 122 valence electrons. The van der Waals surface area contributed by atoms with Gasteiger partial charge in [0.1, 0.15) is 5.03 Å². The van der Waals surface area contributed by atoms with Gasteiger partial charge in [-0.25, -0.2) is 9.97 Å². The third kappa shape index (κ3) is 3.65. The molecule has 1 aromatic heterocycles. The van der Waals surface area contributed by atoms with Crippen LogP contribution in [0, 0.1) is 13.8 Å². The topological polar surface area (TPSA) is 75.1 Å². The van der Waals surface area contributed by atoms with E-state index in [2.05, 4.69) is 29.1 Å². The van der Waals surface area contributed by atoms with Crippen molar-refractivity contribution in [2.75, 3.05) is 11.1 Å². The van der Waals surface area contributed by atoms with Crippen molar-refractivity contribution in [1.82, 2.24) is 9.97 Å². The van der Waals surface area contributed by atoms with Crippen LogP contribution in [0.3, 0.4) is 0 Å². The lowest BCUT2D eigenvalue weighted by atomic mass is 10.1. The zero-order chi connectivity index (χ0) is 17.1. The Bertz CT molecular complexity index is 912. The van der Waals surface area contributed by atoms with E-state index < -0.39 is 5.97 Å². The average molecular weight is 339 g/mol. The molecule has 0 aliphatic carbocycles. The number of thioether (sulfide) groups is 1. The fourth-order valence-corrected chi connectivity index (χ4v) is 3.03. The summed E-state index contributed by atoms with van der Waals surface area (Å²) in [4.78, 5) is 19.9. The van der Waals surface area contributed by atoms with Crippen LogP contribution in [0.15, 0.2) is 47.5 Å². The molecule has 1 heterocycles. The molecule has 0 amide bonds. The number of carbonyl (C=O) groups is 1. The van der Waals surface area contributed by atoms with Crippen molar-refractivity contribution < 1.29 is 9.90 Å². The van der Waals surface area contributed by atoms with Gasteiger partial charge in [0, 0.05) is 11.1 Å². The van der Waals surface area contributed by atoms with Crippen LogP contribution in [-0.4, -0.2) is 26.8 Å². The Hall–Kier alpha value is -2.60. The second-order valence-corrected chi connectivity index (χ2v) is 6.44. The Morgan fingerprint density at radius 1 is 1.12 bits per heavy atom. The van der Waals surface area contributed by atoms with Crippen LogP contribution in [0.2, 0.25) is 0 Å². The van der Waals surface area contributed by atoms with Gasteiger partial charge in [0.15, 0.2) is 0 Å². The van der Waals surface area contributed by atoms with E-state index in [9.17, 15) is 4.79 Å². The van der Waals surface area contributed by atoms with Crippen LogP contribution in [-0.2, 0) is 4.79 Å². The second-order valence-electron chi connectivity index (χ2n) is 5.48. The van der Waals surface area contributed by atoms with E-state index >= 15 is 0 Å². The zero-order valence-corrected chi connectivity index (χ0v) is 14.2. The molecular weight excluding hydrogens is 322 g/mol. The number of aromatic nitrogens is 2. The number of benzene rings is 2. The van der Waals surface area contributed by atoms with E-state index in [0.717, 1.165) is 16.6 Å². The van der Waals surface area contributed by atoms with E-state index in [1.54, 1.807) is 0 Å². The fraction of sp³-hybridized carbons (Fsp3) is 0.167. The third-order valence-electron chi connectivity index (χ3n) is 3.66. The second kappa shape index (κ2) is 6.88. The van der Waals surface area contributed by atoms with Gasteiger partial charge in [-0.2, -0.15) is 0 Å². The summed E-state index contributed by atoms with van der Waals surface area (Å²) in [7, 11) is 0. The number of carboxylic acids is 1. The van der Waals surface area contributed by atoms with E-state index in [-0.39, 0.29) is 5.75 Å². The first-order valence-electron chi connectivity index (χ1n) is 7.48. The molecule has 2 N–H and O–H groups in total. The molecular formula is C18H17N3O2S. The number of hydrogen-bond donors (Lipinski definition) is 2. The maximum absolute atomic E-state index is 10.9. The Kier molecular flexibility index (Phi) is 4.66. The van der Waals surface area contributed by atoms with Crippen molar-refractivity contribution in [1.29, 1.82) is 0 Å². The maximum Gasteiger partial charge on any atom is 0.313 e. The van der Waals surface area contributed by atoms with Crippen LogP contribution >= 0.6 is 11.8 Å². The molecule has 0 spiro atoms. The van der Waals surface area contributed by atoms with Crippen molar-refractivity contribution >= 4 is 40.3 Å². The highest BCUT2D eigenvalue weighted by Gasteiger charge is 2.10. The molecule has 0 aliphatic heterocycles. The predicted molar refractivity (Wildman–Crippen MR) is 97.1 cm³/mol. The monoisotopic (exact) mass is 339 g/mol. The lowest BCUT2D eigenvalue weighted by molar-refractivity contribution is -0.133. The molecule has 0 aliphatic rings. The molecule has 0 atom stereocenters. The summed E-state index contributed by atoms with van der Waals surface area (Å²) in [6, 6.07) is 13.7. The lowest BCUT2D eigenvalue weighted by Crippen LogP contribution is -2.02. The zero-order valence-electron chi connectivity index (χ0n) is 13.4. The number of fused-ring (bicyclic) bond motifs is 1. The highest BCUT2D eigenvalue weighted by atomic mass is 32.2. The minimum atomic E-state index is -0.869. The number of nitrogens with one attached hydrogen (secondary N) is 1. The number of rotatable bonds is 5. The number of aryl methyl sites for hydroxylation is 2. The van der Waals surface area contributed by atoms with Crippen LogP contribution in [0.5, 0.6) is 0 Å². The van der Waals surface area contributed by atoms with Gasteiger partial charge in [-0.1, -0.05) is 36.0 Å². The van der Waals surface area contributed by atoms with Crippen LogP contribution in [0.25, 0.3) is 10.9 Å². The Balaban J connectivity index is 1.98. The summed E-state index contributed by atoms with van der Waals surface area (Å²) in [5, 5.41) is 13.7. The molecule has 3 rings (SSSR count). The van der Waals surface area contributed by atoms with E-state index in [1.807, 2.05) is 42.5 Å². The molecule has 0 unspecified atom stereocenters. The van der Waals surface area contributed by atoms with Gasteiger partial charge in [-0.3, -0.25) is 4.79 Å². The Labute approximate surface area is 144 Å². The quantitative estimate of drug-likeness (QED) is 0.537. The molecule has 5 nitrogen and oxygen atoms in total. The summed E-state index contributed by atoms with van der Waals surface area (Å²) >= 11 is 1.20. The molecule has 0 radical (unpaired) electrons. The molecule has 0 fully saturated rings. The van der Waals surface area contributed by atoms with Crippen molar-refractivity contribution in [3.63, 3.8) is 0 Å². The summed E-state index contributed by atoms with van der Waals surface area (Å²) in [5.41, 5.74) is 4.09. The van der Waals surface area contributed by atoms with Gasteiger partial charge in [0.25, 0.3) is 0 Å². The van der Waals surface area contributed by atoms with Crippen molar-refractivity contribution in [2.45, 2.75) is 18.9 Å². The van der Waals surface area contributed by atoms with Crippen molar-refractivity contribution in [3.8, 4) is 0 Å². The summed E-state index contributed by atoms with van der Waals surface area (Å²) in [5.74, 6) is -0.444. The number of nitrogens with zero attached hydrogens (tertiary/aromatic N) is 2. The Morgan fingerprint density at radius 3 is 2.67 bits per heavy atom. The van der Waals surface area contributed by atoms with Gasteiger partial charge in [0.05, 0.1) is 11.3 Å². The molecule has 2 aromatic carbocycles. The SMILES string of the molecule is Cc1ccc(Nc2nc(SCC(=O)O)c3ccccc3n2)cc1C. The van der Waals surface area contributed by atoms with Gasteiger partial charge >= 0.3 is 5.97 Å². The average Bonchev–Trinajstić information content (AvgIpc) is 2.56. The van der Waals surface area contributed by atoms with Crippen LogP contribution in [0.1, 0.15) is 11.1 Å². The van der Waals surface area contributed by atoms with Crippen LogP contribution in [0.4, 0.5) is 11.6 Å². The van der Waals surface area contributed by atoms with Crippen molar-refractivity contribution in [2.24, 2.45) is 0 Å². The Morgan fingerprint density at radius 2 is 1.92 bits per heavy atom. The lowest BCUT2D eigenvalue weighted by Gasteiger charge is -2.10. The summed E-state index contributed by atoms with van der Waals surface area (Å²) in [6.45, 7) is 4.11. The summed E-state index contributed by atoms with van der Waals surface area (Å²) in [6.07, 6.45) is 0. The van der Waals surface area contributed by atoms with Gasteiger partial charge < -0.3 is 10.4 Å². The third-order valence-corrected chi connectivity index (χ3v) is 4.64. The number of para-hydroxylation sites is 1. The minimum absolute atomic E-state index is 0.0376. The summed E-state index contributed by atoms with van der Waals surface area (Å²) < 4.78 is 0. The van der Waals surface area contributed by atoms with Gasteiger partial charge in [-0.15, -0.1) is 0 Å². The molecule has 6 heteroatoms. The molecule has 3 aromatic rings. The number of aliphatic carboxylic acids is 1. The van der Waals surface area contributed by atoms with Crippen LogP contribution < -0.4 is 5.32 Å². The van der Waals surface area contributed by atoms with Gasteiger partial charge in [0.2, 0.25) is 5.95 Å². The maximum atomic E-state index is 10.9. The van der Waals surface area contributed by atoms with Crippen molar-refractivity contribution in [3.05, 3.63) is 53.6 Å². The first-order valence-corrected chi connectivity index (χ1v) is 8.47. The number of carboxylic acid groups (broad SMARTS) is 1. The van der Waals surface area contributed by atoms with Gasteiger partial charge in [-0.05, 0) is 43.2 Å². The molecule has 24 heavy (non-hydrogen) atoms. The molecule has 0 saturated heterocycles. The normalized spacial score (nSPS) is 10.8. The highest BCUT2D eigenvalue weighted by molar-refractivity contribution is 8.00. The largest absolute Gasteiger partial charge is 0.481 e. The first kappa shape index (κ1) is 16.3. The minimum Gasteiger partial charge on any atom is -0.481 e. The predicted octanol–water partition coefficient (Wildman–Crippen LogP) is 4.17. The molecule has 0 saturated carbocycles. The number of hydrogen-bond acceptors (Lipinski definition) is 5. The fourth-order valence-electron chi connectivity index (χ4n) is 2.29. The van der Waals surface area contributed by atoms with E-state index in [1.165, 1.54) is 22.9 Å². The highest BCUT2D eigenvalue weighted by Crippen LogP contribution is 2.27. The molecule has 0 bridgehead atoms. The first-order chi connectivity index (χ1) is 11.5. The standard InChI is InChI=1S/C18H17N3O2S/c1-11-7-8-13(9-12(11)2)19-18-20-15-6-4-3-5-14(15)17(21-18)24-10-16(22)23/h3-9H,10H2,1-2H3,(H,22,23)(H,19,20,21). The van der Waals surface area contributed by atoms with E-state index in [0.29, 0.717) is 11.0 Å².